The van der Waals surface area contributed by atoms with Gasteiger partial charge in [-0.05, 0) is 13.3 Å². The Morgan fingerprint density at radius 3 is 3.00 bits per heavy atom. The standard InChI is InChI=1S/C11H14N2O3S/c1-3-4-11(16)6-17-9(11)13-5-7(2)8(14)12-10(13)15/h3,5,9,16H,1,4,6H2,2H3,(H,12,14,15)/t9-,11+/m0/s1. The van der Waals surface area contributed by atoms with Crippen molar-refractivity contribution in [1.29, 1.82) is 0 Å². The van der Waals surface area contributed by atoms with E-state index >= 15 is 0 Å². The van der Waals surface area contributed by atoms with Gasteiger partial charge in [-0.1, -0.05) is 6.08 Å². The third-order valence-electron chi connectivity index (χ3n) is 2.85. The summed E-state index contributed by atoms with van der Waals surface area (Å²) in [7, 11) is 0. The maximum absolute atomic E-state index is 11.7. The van der Waals surface area contributed by atoms with Crippen molar-refractivity contribution in [2.75, 3.05) is 5.75 Å². The van der Waals surface area contributed by atoms with Crippen LogP contribution in [0.3, 0.4) is 0 Å². The first-order valence-corrected chi connectivity index (χ1v) is 6.30. The molecule has 0 unspecified atom stereocenters. The minimum absolute atomic E-state index is 0.358. The number of aromatic nitrogens is 2. The highest BCUT2D eigenvalue weighted by molar-refractivity contribution is 8.00. The number of thioether (sulfide) groups is 1. The van der Waals surface area contributed by atoms with Crippen molar-refractivity contribution in [1.82, 2.24) is 9.55 Å². The van der Waals surface area contributed by atoms with Crippen LogP contribution in [0, 0.1) is 6.92 Å². The highest BCUT2D eigenvalue weighted by Gasteiger charge is 2.47. The monoisotopic (exact) mass is 254 g/mol. The van der Waals surface area contributed by atoms with Crippen LogP contribution in [0.1, 0.15) is 17.4 Å². The molecular weight excluding hydrogens is 240 g/mol. The molecule has 5 nitrogen and oxygen atoms in total. The predicted octanol–water partition coefficient (Wildman–Crippen LogP) is 0.398. The first-order valence-electron chi connectivity index (χ1n) is 5.25. The topological polar surface area (TPSA) is 75.1 Å². The number of nitrogens with one attached hydrogen (secondary N) is 1. The predicted molar refractivity (Wildman–Crippen MR) is 67.3 cm³/mol. The van der Waals surface area contributed by atoms with E-state index in [9.17, 15) is 14.7 Å². The molecular formula is C11H14N2O3S. The van der Waals surface area contributed by atoms with E-state index in [1.165, 1.54) is 22.5 Å². The van der Waals surface area contributed by atoms with Crippen LogP contribution in [0.25, 0.3) is 0 Å². The molecule has 6 heteroatoms. The van der Waals surface area contributed by atoms with Crippen LogP contribution in [0.15, 0.2) is 28.4 Å². The number of rotatable bonds is 3. The van der Waals surface area contributed by atoms with Crippen molar-refractivity contribution >= 4 is 11.8 Å². The van der Waals surface area contributed by atoms with Gasteiger partial charge in [-0.3, -0.25) is 14.3 Å². The van der Waals surface area contributed by atoms with Gasteiger partial charge in [-0.2, -0.15) is 0 Å². The molecule has 1 aromatic heterocycles. The summed E-state index contributed by atoms with van der Waals surface area (Å²) in [4.78, 5) is 25.2. The highest BCUT2D eigenvalue weighted by atomic mass is 32.2. The molecule has 0 aliphatic carbocycles. The lowest BCUT2D eigenvalue weighted by molar-refractivity contribution is 0.0282. The van der Waals surface area contributed by atoms with Gasteiger partial charge in [0.1, 0.15) is 11.0 Å². The Labute approximate surface area is 102 Å². The van der Waals surface area contributed by atoms with Crippen molar-refractivity contribution in [2.24, 2.45) is 0 Å². The van der Waals surface area contributed by atoms with Gasteiger partial charge in [0.05, 0.1) is 0 Å². The zero-order valence-electron chi connectivity index (χ0n) is 9.47. The van der Waals surface area contributed by atoms with Gasteiger partial charge >= 0.3 is 5.69 Å². The molecule has 2 heterocycles. The van der Waals surface area contributed by atoms with Gasteiger partial charge in [0.25, 0.3) is 5.56 Å². The molecule has 2 N–H and O–H groups in total. The van der Waals surface area contributed by atoms with Crippen molar-refractivity contribution < 1.29 is 5.11 Å². The van der Waals surface area contributed by atoms with Crippen LogP contribution in [0.2, 0.25) is 0 Å². The molecule has 1 aromatic rings. The Morgan fingerprint density at radius 2 is 2.47 bits per heavy atom. The molecule has 0 radical (unpaired) electrons. The second kappa shape index (κ2) is 4.19. The maximum Gasteiger partial charge on any atom is 0.329 e. The number of aromatic amines is 1. The minimum Gasteiger partial charge on any atom is -0.386 e. The molecule has 0 amide bonds. The molecule has 1 fully saturated rings. The Kier molecular flexibility index (Phi) is 3.01. The Balaban J connectivity index is 2.42. The summed E-state index contributed by atoms with van der Waals surface area (Å²) in [5.41, 5.74) is -1.36. The number of hydrogen-bond donors (Lipinski definition) is 2. The van der Waals surface area contributed by atoms with Crippen LogP contribution < -0.4 is 11.2 Å². The SMILES string of the molecule is C=CC[C@@]1(O)CS[C@@H]1n1cc(C)c(=O)[nH]c1=O. The van der Waals surface area contributed by atoms with Gasteiger partial charge in [-0.25, -0.2) is 4.79 Å². The van der Waals surface area contributed by atoms with Gasteiger partial charge < -0.3 is 5.11 Å². The molecule has 1 saturated heterocycles. The summed E-state index contributed by atoms with van der Waals surface area (Å²) < 4.78 is 1.38. The normalized spacial score (nSPS) is 27.5. The maximum atomic E-state index is 11.7. The lowest BCUT2D eigenvalue weighted by atomic mass is 10.0. The third-order valence-corrected chi connectivity index (χ3v) is 4.50. The van der Waals surface area contributed by atoms with Crippen LogP contribution >= 0.6 is 11.8 Å². The van der Waals surface area contributed by atoms with E-state index < -0.39 is 11.3 Å². The van der Waals surface area contributed by atoms with Crippen molar-refractivity contribution in [3.63, 3.8) is 0 Å². The summed E-state index contributed by atoms with van der Waals surface area (Å²) in [5.74, 6) is 0.564. The quantitative estimate of drug-likeness (QED) is 0.766. The number of aryl methyl sites for hydroxylation is 1. The van der Waals surface area contributed by atoms with Crippen molar-refractivity contribution in [3.8, 4) is 0 Å². The molecule has 2 atom stereocenters. The molecule has 0 spiro atoms. The average Bonchev–Trinajstić information content (AvgIpc) is 2.25. The molecule has 0 saturated carbocycles. The summed E-state index contributed by atoms with van der Waals surface area (Å²) in [6.45, 7) is 5.23. The second-order valence-electron chi connectivity index (χ2n) is 4.24. The first kappa shape index (κ1) is 12.2. The smallest absolute Gasteiger partial charge is 0.329 e. The molecule has 17 heavy (non-hydrogen) atoms. The summed E-state index contributed by atoms with van der Waals surface area (Å²) in [6.07, 6.45) is 3.55. The van der Waals surface area contributed by atoms with Gasteiger partial charge in [0.15, 0.2) is 0 Å². The Bertz CT molecular complexity index is 563. The molecule has 1 aliphatic rings. The second-order valence-corrected chi connectivity index (χ2v) is 5.31. The third kappa shape index (κ3) is 1.98. The van der Waals surface area contributed by atoms with Gasteiger partial charge in [0.2, 0.25) is 0 Å². The Morgan fingerprint density at radius 1 is 1.76 bits per heavy atom. The Hall–Kier alpha value is -1.27. The summed E-state index contributed by atoms with van der Waals surface area (Å²) in [5, 5.41) is 9.91. The van der Waals surface area contributed by atoms with Gasteiger partial charge in [0, 0.05) is 17.5 Å². The molecule has 1 aliphatic heterocycles. The number of H-pyrrole nitrogens is 1. The van der Waals surface area contributed by atoms with E-state index in [4.69, 9.17) is 0 Å². The molecule has 0 bridgehead atoms. The van der Waals surface area contributed by atoms with E-state index in [1.807, 2.05) is 0 Å². The lowest BCUT2D eigenvalue weighted by Crippen LogP contribution is -2.51. The van der Waals surface area contributed by atoms with E-state index in [-0.39, 0.29) is 10.9 Å². The van der Waals surface area contributed by atoms with Crippen molar-refractivity contribution in [2.45, 2.75) is 24.3 Å². The fraction of sp³-hybridized carbons (Fsp3) is 0.455. The average molecular weight is 254 g/mol. The van der Waals surface area contributed by atoms with E-state index in [0.717, 1.165) is 0 Å². The zero-order chi connectivity index (χ0) is 12.6. The first-order chi connectivity index (χ1) is 7.98. The van der Waals surface area contributed by atoms with Crippen LogP contribution in [-0.4, -0.2) is 26.0 Å². The zero-order valence-corrected chi connectivity index (χ0v) is 10.3. The van der Waals surface area contributed by atoms with E-state index in [1.54, 1.807) is 13.0 Å². The van der Waals surface area contributed by atoms with E-state index in [0.29, 0.717) is 17.7 Å². The number of nitrogens with zero attached hydrogens (tertiary/aromatic N) is 1. The van der Waals surface area contributed by atoms with E-state index in [2.05, 4.69) is 11.6 Å². The number of hydrogen-bond acceptors (Lipinski definition) is 4. The lowest BCUT2D eigenvalue weighted by Gasteiger charge is -2.44. The van der Waals surface area contributed by atoms with Crippen LogP contribution in [0.5, 0.6) is 0 Å². The minimum atomic E-state index is -0.944. The molecule has 2 rings (SSSR count). The number of aliphatic hydroxyl groups is 1. The fourth-order valence-electron chi connectivity index (χ4n) is 1.86. The molecule has 0 aromatic carbocycles. The van der Waals surface area contributed by atoms with Crippen LogP contribution in [-0.2, 0) is 0 Å². The summed E-state index contributed by atoms with van der Waals surface area (Å²) >= 11 is 1.48. The largest absolute Gasteiger partial charge is 0.386 e. The van der Waals surface area contributed by atoms with Crippen LogP contribution in [0.4, 0.5) is 0 Å². The highest BCUT2D eigenvalue weighted by Crippen LogP contribution is 2.48. The molecule has 92 valence electrons. The van der Waals surface area contributed by atoms with Gasteiger partial charge in [-0.15, -0.1) is 18.3 Å². The fourth-order valence-corrected chi connectivity index (χ4v) is 3.09. The van der Waals surface area contributed by atoms with Crippen molar-refractivity contribution in [3.05, 3.63) is 45.3 Å². The summed E-state index contributed by atoms with van der Waals surface area (Å²) in [6, 6.07) is 0.